The quantitative estimate of drug-likeness (QED) is 0.898. The summed E-state index contributed by atoms with van der Waals surface area (Å²) in [7, 11) is 0. The Morgan fingerprint density at radius 1 is 1.63 bits per heavy atom. The van der Waals surface area contributed by atoms with Gasteiger partial charge in [-0.1, -0.05) is 13.8 Å². The van der Waals surface area contributed by atoms with Gasteiger partial charge in [-0.25, -0.2) is 9.97 Å². The van der Waals surface area contributed by atoms with Crippen LogP contribution in [0.15, 0.2) is 6.20 Å². The fraction of sp³-hybridized carbons (Fsp3) is 0.643. The van der Waals surface area contributed by atoms with Crippen LogP contribution in [0.25, 0.3) is 0 Å². The van der Waals surface area contributed by atoms with E-state index in [0.717, 1.165) is 35.7 Å². The summed E-state index contributed by atoms with van der Waals surface area (Å²) in [4.78, 5) is 20.0. The zero-order valence-corrected chi connectivity index (χ0v) is 12.2. The van der Waals surface area contributed by atoms with Crippen LogP contribution in [0.4, 0.5) is 0 Å². The van der Waals surface area contributed by atoms with E-state index < -0.39 is 5.97 Å². The zero-order valence-electron chi connectivity index (χ0n) is 11.4. The van der Waals surface area contributed by atoms with Crippen LogP contribution in [-0.4, -0.2) is 26.3 Å². The summed E-state index contributed by atoms with van der Waals surface area (Å²) in [5.74, 6) is 0.737. The Morgan fingerprint density at radius 2 is 2.42 bits per heavy atom. The van der Waals surface area contributed by atoms with Crippen LogP contribution in [0.3, 0.4) is 0 Å². The average molecular weight is 280 g/mol. The highest BCUT2D eigenvalue weighted by atomic mass is 32.2. The molecule has 0 aliphatic heterocycles. The predicted molar refractivity (Wildman–Crippen MR) is 76.2 cm³/mol. The topological polar surface area (TPSA) is 63.1 Å². The number of carbonyl (C=O) groups is 1. The fourth-order valence-corrected chi connectivity index (χ4v) is 2.97. The minimum atomic E-state index is -0.706. The maximum absolute atomic E-state index is 11.0. The van der Waals surface area contributed by atoms with Gasteiger partial charge in [-0.2, -0.15) is 11.8 Å². The second-order valence-electron chi connectivity index (χ2n) is 5.07. The Balaban J connectivity index is 2.03. The number of hydrogen-bond donors (Lipinski definition) is 1. The van der Waals surface area contributed by atoms with E-state index in [0.29, 0.717) is 18.1 Å². The molecule has 1 aromatic rings. The monoisotopic (exact) mass is 280 g/mol. The lowest BCUT2D eigenvalue weighted by molar-refractivity contribution is -0.142. The first kappa shape index (κ1) is 14.3. The van der Waals surface area contributed by atoms with Crippen molar-refractivity contribution in [2.45, 2.75) is 50.5 Å². The Labute approximate surface area is 118 Å². The molecule has 1 aliphatic carbocycles. The average Bonchev–Trinajstić information content (AvgIpc) is 2.43. The molecule has 19 heavy (non-hydrogen) atoms. The van der Waals surface area contributed by atoms with Crippen molar-refractivity contribution in [2.24, 2.45) is 5.92 Å². The maximum Gasteiger partial charge on any atom is 0.306 e. The van der Waals surface area contributed by atoms with Crippen LogP contribution < -0.4 is 0 Å². The molecule has 4 nitrogen and oxygen atoms in total. The van der Waals surface area contributed by atoms with Crippen LogP contribution in [-0.2, 0) is 23.4 Å². The van der Waals surface area contributed by atoms with E-state index in [4.69, 9.17) is 5.11 Å². The van der Waals surface area contributed by atoms with Gasteiger partial charge in [0.15, 0.2) is 0 Å². The maximum atomic E-state index is 11.0. The summed E-state index contributed by atoms with van der Waals surface area (Å²) in [6.45, 7) is 4.39. The molecule has 1 heterocycles. The number of hydrogen-bond acceptors (Lipinski definition) is 4. The molecule has 1 N–H and O–H groups in total. The molecule has 0 spiro atoms. The lowest BCUT2D eigenvalue weighted by Crippen LogP contribution is -2.23. The van der Waals surface area contributed by atoms with Gasteiger partial charge in [0.1, 0.15) is 5.82 Å². The van der Waals surface area contributed by atoms with Crippen LogP contribution in [0, 0.1) is 5.92 Å². The molecule has 5 heteroatoms. The van der Waals surface area contributed by atoms with Gasteiger partial charge in [-0.05, 0) is 31.2 Å². The summed E-state index contributed by atoms with van der Waals surface area (Å²) < 4.78 is 0. The molecule has 1 aromatic heterocycles. The molecule has 0 aromatic carbocycles. The second kappa shape index (κ2) is 6.37. The SMILES string of the molecule is CCC(C)SCc1ncc2c(n1)CCC(C(=O)O)C2. The van der Waals surface area contributed by atoms with Gasteiger partial charge < -0.3 is 5.11 Å². The first-order valence-corrected chi connectivity index (χ1v) is 7.83. The highest BCUT2D eigenvalue weighted by Crippen LogP contribution is 2.25. The number of fused-ring (bicyclic) bond motifs is 1. The molecule has 0 radical (unpaired) electrons. The number of carboxylic acid groups (broad SMARTS) is 1. The van der Waals surface area contributed by atoms with E-state index >= 15 is 0 Å². The first-order valence-electron chi connectivity index (χ1n) is 6.78. The van der Waals surface area contributed by atoms with Gasteiger partial charge in [0.2, 0.25) is 0 Å². The van der Waals surface area contributed by atoms with E-state index in [9.17, 15) is 4.79 Å². The Kier molecular flexibility index (Phi) is 4.80. The molecule has 2 rings (SSSR count). The van der Waals surface area contributed by atoms with Crippen molar-refractivity contribution >= 4 is 17.7 Å². The van der Waals surface area contributed by atoms with Crippen molar-refractivity contribution in [2.75, 3.05) is 0 Å². The molecule has 0 amide bonds. The summed E-state index contributed by atoms with van der Waals surface area (Å²) in [5.41, 5.74) is 2.06. The highest BCUT2D eigenvalue weighted by molar-refractivity contribution is 7.99. The molecule has 104 valence electrons. The summed E-state index contributed by atoms with van der Waals surface area (Å²) in [5, 5.41) is 9.67. The third kappa shape index (κ3) is 3.69. The molecule has 0 saturated heterocycles. The number of aromatic nitrogens is 2. The van der Waals surface area contributed by atoms with Crippen LogP contribution in [0.5, 0.6) is 0 Å². The fourth-order valence-electron chi connectivity index (χ4n) is 2.16. The molecular formula is C14H20N2O2S. The third-order valence-corrected chi connectivity index (χ3v) is 4.95. The largest absolute Gasteiger partial charge is 0.481 e. The molecular weight excluding hydrogens is 260 g/mol. The lowest BCUT2D eigenvalue weighted by atomic mass is 9.87. The minimum Gasteiger partial charge on any atom is -0.481 e. The number of aliphatic carboxylic acids is 1. The van der Waals surface area contributed by atoms with Crippen LogP contribution in [0.1, 0.15) is 43.8 Å². The third-order valence-electron chi connectivity index (χ3n) is 3.62. The van der Waals surface area contributed by atoms with Crippen molar-refractivity contribution in [1.82, 2.24) is 9.97 Å². The van der Waals surface area contributed by atoms with E-state index in [1.165, 1.54) is 0 Å². The lowest BCUT2D eigenvalue weighted by Gasteiger charge is -2.20. The Morgan fingerprint density at radius 3 is 3.11 bits per heavy atom. The molecule has 2 atom stereocenters. The van der Waals surface area contributed by atoms with Crippen LogP contribution in [0.2, 0.25) is 0 Å². The first-order chi connectivity index (χ1) is 9.10. The molecule has 0 fully saturated rings. The summed E-state index contributed by atoms with van der Waals surface area (Å²) >= 11 is 1.87. The van der Waals surface area contributed by atoms with E-state index in [1.807, 2.05) is 18.0 Å². The number of aryl methyl sites for hydroxylation is 1. The zero-order chi connectivity index (χ0) is 13.8. The summed E-state index contributed by atoms with van der Waals surface area (Å²) in [6, 6.07) is 0. The van der Waals surface area contributed by atoms with Gasteiger partial charge in [0.25, 0.3) is 0 Å². The minimum absolute atomic E-state index is 0.267. The van der Waals surface area contributed by atoms with E-state index in [-0.39, 0.29) is 5.92 Å². The number of carboxylic acids is 1. The van der Waals surface area contributed by atoms with Gasteiger partial charge >= 0.3 is 5.97 Å². The van der Waals surface area contributed by atoms with E-state index in [1.54, 1.807) is 0 Å². The van der Waals surface area contributed by atoms with Crippen molar-refractivity contribution in [3.63, 3.8) is 0 Å². The molecule has 0 saturated carbocycles. The summed E-state index contributed by atoms with van der Waals surface area (Å²) in [6.07, 6.45) is 5.00. The van der Waals surface area contributed by atoms with Crippen LogP contribution >= 0.6 is 11.8 Å². The normalized spacial score (nSPS) is 19.8. The van der Waals surface area contributed by atoms with Gasteiger partial charge in [0, 0.05) is 17.1 Å². The molecule has 2 unspecified atom stereocenters. The predicted octanol–water partition coefficient (Wildman–Crippen LogP) is 2.70. The van der Waals surface area contributed by atoms with Crippen molar-refractivity contribution in [3.05, 3.63) is 23.3 Å². The number of nitrogens with zero attached hydrogens (tertiary/aromatic N) is 2. The Hall–Kier alpha value is -1.10. The van der Waals surface area contributed by atoms with Gasteiger partial charge in [0.05, 0.1) is 11.7 Å². The highest BCUT2D eigenvalue weighted by Gasteiger charge is 2.25. The molecule has 1 aliphatic rings. The van der Waals surface area contributed by atoms with Gasteiger partial charge in [-0.3, -0.25) is 4.79 Å². The van der Waals surface area contributed by atoms with E-state index in [2.05, 4.69) is 23.8 Å². The second-order valence-corrected chi connectivity index (χ2v) is 6.49. The number of rotatable bonds is 5. The Bertz CT molecular complexity index is 465. The molecule has 0 bridgehead atoms. The van der Waals surface area contributed by atoms with Crippen molar-refractivity contribution in [3.8, 4) is 0 Å². The van der Waals surface area contributed by atoms with Crippen molar-refractivity contribution in [1.29, 1.82) is 0 Å². The number of thioether (sulfide) groups is 1. The van der Waals surface area contributed by atoms with Gasteiger partial charge in [-0.15, -0.1) is 0 Å². The smallest absolute Gasteiger partial charge is 0.306 e. The van der Waals surface area contributed by atoms with Crippen molar-refractivity contribution < 1.29 is 9.90 Å². The standard InChI is InChI=1S/C14H20N2O2S/c1-3-9(2)19-8-13-15-7-11-6-10(14(17)18)4-5-12(11)16-13/h7,9-10H,3-6,8H2,1-2H3,(H,17,18).